The van der Waals surface area contributed by atoms with Crippen molar-refractivity contribution in [2.45, 2.75) is 101 Å². The molecule has 4 aromatic heterocycles. The fraction of sp³-hybridized carbons (Fsp3) is 0.333. The van der Waals surface area contributed by atoms with Crippen LogP contribution >= 0.6 is 46.2 Å². The molecule has 0 saturated heterocycles. The number of H-pyrrole nitrogens is 2. The van der Waals surface area contributed by atoms with Crippen molar-refractivity contribution in [3.05, 3.63) is 106 Å². The maximum absolute atomic E-state index is 11.2. The largest absolute Gasteiger partial charge is 0.494 e. The summed E-state index contributed by atoms with van der Waals surface area (Å²) in [6.45, 7) is 5.81. The molecule has 8 rings (SSSR count). The van der Waals surface area contributed by atoms with Crippen molar-refractivity contribution < 1.29 is 9.47 Å². The Labute approximate surface area is 404 Å². The number of nitrogens with one attached hydrogen (secondary N) is 2. The summed E-state index contributed by atoms with van der Waals surface area (Å²) in [7, 11) is 0. The zero-order chi connectivity index (χ0) is 45.8. The second kappa shape index (κ2) is 22.8. The van der Waals surface area contributed by atoms with E-state index in [1.165, 1.54) is 74.0 Å². The quantitative estimate of drug-likeness (QED) is 0.0509. The molecule has 0 saturated carbocycles. The van der Waals surface area contributed by atoms with Gasteiger partial charge in [0.05, 0.1) is 55.7 Å². The Morgan fingerprint density at radius 2 is 0.939 bits per heavy atom. The van der Waals surface area contributed by atoms with Gasteiger partial charge in [-0.2, -0.15) is 10.5 Å². The molecule has 0 unspecified atom stereocenters. The van der Waals surface area contributed by atoms with Gasteiger partial charge in [0, 0.05) is 20.6 Å². The monoisotopic (exact) mass is 948 g/mol. The van der Waals surface area contributed by atoms with Crippen molar-refractivity contribution in [1.82, 2.24) is 19.9 Å². The third-order valence-electron chi connectivity index (χ3n) is 11.9. The highest BCUT2D eigenvalue weighted by Crippen LogP contribution is 2.36. The van der Waals surface area contributed by atoms with Gasteiger partial charge >= 0.3 is 0 Å². The van der Waals surface area contributed by atoms with Crippen LogP contribution in [0.25, 0.3) is 64.9 Å². The van der Waals surface area contributed by atoms with Gasteiger partial charge in [0.2, 0.25) is 0 Å². The topological polar surface area (TPSA) is 123 Å². The second-order valence-electron chi connectivity index (χ2n) is 16.5. The lowest BCUT2D eigenvalue weighted by atomic mass is 10.0. The van der Waals surface area contributed by atoms with E-state index in [0.717, 1.165) is 101 Å². The number of nitriles is 2. The molecule has 0 radical (unpaired) electrons. The molecule has 0 aliphatic heterocycles. The third-order valence-corrected chi connectivity index (χ3v) is 15.4. The average molecular weight is 949 g/mol. The molecule has 12 heteroatoms. The Morgan fingerprint density at radius 3 is 1.32 bits per heavy atom. The molecule has 0 amide bonds. The highest BCUT2D eigenvalue weighted by Gasteiger charge is 2.24. The van der Waals surface area contributed by atoms with Crippen molar-refractivity contribution in [3.63, 3.8) is 0 Å². The average Bonchev–Trinajstić information content (AvgIpc) is 4.15. The molecule has 66 heavy (non-hydrogen) atoms. The van der Waals surface area contributed by atoms with Crippen LogP contribution in [0.5, 0.6) is 11.5 Å². The summed E-state index contributed by atoms with van der Waals surface area (Å²) in [5.41, 5.74) is 5.85. The Kier molecular flexibility index (Phi) is 16.2. The summed E-state index contributed by atoms with van der Waals surface area (Å²) < 4.78 is 14.5. The molecule has 4 heterocycles. The smallest absolute Gasteiger partial charge is 0.137 e. The Balaban J connectivity index is 1.31. The van der Waals surface area contributed by atoms with Crippen molar-refractivity contribution in [3.8, 4) is 46.2 Å². The molecule has 8 aromatic rings. The van der Waals surface area contributed by atoms with Crippen LogP contribution < -0.4 is 20.2 Å². The molecule has 8 nitrogen and oxygen atoms in total. The minimum absolute atomic E-state index is 0.422. The van der Waals surface area contributed by atoms with Crippen molar-refractivity contribution in [2.75, 3.05) is 25.7 Å². The van der Waals surface area contributed by atoms with Gasteiger partial charge in [-0.1, -0.05) is 78.1 Å². The predicted molar refractivity (Wildman–Crippen MR) is 280 cm³/mol. The van der Waals surface area contributed by atoms with Crippen LogP contribution in [0.1, 0.15) is 101 Å². The minimum atomic E-state index is 0.422. The first-order chi connectivity index (χ1) is 32.5. The fourth-order valence-corrected chi connectivity index (χ4v) is 11.4. The number of nitrogens with zero attached hydrogens (tertiary/aromatic N) is 4. The van der Waals surface area contributed by atoms with Crippen molar-refractivity contribution >= 4 is 88.5 Å². The van der Waals surface area contributed by atoms with E-state index in [1.807, 2.05) is 36.4 Å². The molecule has 0 spiro atoms. The molecule has 0 aliphatic carbocycles. The van der Waals surface area contributed by atoms with Crippen molar-refractivity contribution in [2.24, 2.45) is 0 Å². The van der Waals surface area contributed by atoms with Gasteiger partial charge in [-0.15, -0.1) is 46.2 Å². The summed E-state index contributed by atoms with van der Waals surface area (Å²) in [5, 5.41) is 26.4. The minimum Gasteiger partial charge on any atom is -0.494 e. The SMILES string of the molecule is CCCCCCCCOc1ccc(-c2[nH]/c(=C(/C#N)c3nc4ccc(SC)cc4s3)c3c(-c4ccc(OCCCCCCCC)cc4)[nH]/c(=C(/C#N)c4nc5ccc(SC)cc5s4)c23)cc1. The molecule has 2 N–H and O–H groups in total. The van der Waals surface area contributed by atoms with Crippen LogP contribution in [-0.4, -0.2) is 45.7 Å². The van der Waals surface area contributed by atoms with Crippen LogP contribution in [0.3, 0.4) is 0 Å². The van der Waals surface area contributed by atoms with Gasteiger partial charge in [0.1, 0.15) is 44.8 Å². The zero-order valence-corrected chi connectivity index (χ0v) is 41.5. The normalized spacial score (nSPS) is 12.5. The number of aromatic nitrogens is 4. The lowest BCUT2D eigenvalue weighted by molar-refractivity contribution is 0.304. The molecule has 0 atom stereocenters. The van der Waals surface area contributed by atoms with E-state index in [-0.39, 0.29) is 0 Å². The molecule has 0 aliphatic rings. The molecule has 4 aromatic carbocycles. The van der Waals surface area contributed by atoms with E-state index in [9.17, 15) is 10.5 Å². The third kappa shape index (κ3) is 10.7. The molecule has 338 valence electrons. The first-order valence-corrected chi connectivity index (χ1v) is 27.2. The Bertz CT molecular complexity index is 2920. The molecular weight excluding hydrogens is 893 g/mol. The van der Waals surface area contributed by atoms with Gasteiger partial charge in [0.15, 0.2) is 0 Å². The number of fused-ring (bicyclic) bond motifs is 3. The summed E-state index contributed by atoms with van der Waals surface area (Å²) in [6, 6.07) is 33.8. The highest BCUT2D eigenvalue weighted by molar-refractivity contribution is 7.98. The van der Waals surface area contributed by atoms with Crippen LogP contribution in [0.15, 0.2) is 94.7 Å². The Morgan fingerprint density at radius 1 is 0.545 bits per heavy atom. The number of thioether (sulfide) groups is 2. The molecule has 0 fully saturated rings. The molecular formula is C54H56N6O2S4. The summed E-state index contributed by atoms with van der Waals surface area (Å²) >= 11 is 6.37. The van der Waals surface area contributed by atoms with Crippen LogP contribution in [0.4, 0.5) is 0 Å². The lowest BCUT2D eigenvalue weighted by Gasteiger charge is -2.07. The van der Waals surface area contributed by atoms with E-state index in [4.69, 9.17) is 19.4 Å². The second-order valence-corrected chi connectivity index (χ2v) is 20.3. The van der Waals surface area contributed by atoms with Gasteiger partial charge < -0.3 is 19.4 Å². The maximum Gasteiger partial charge on any atom is 0.137 e. The van der Waals surface area contributed by atoms with Gasteiger partial charge in [-0.25, -0.2) is 9.97 Å². The molecule has 0 bridgehead atoms. The first-order valence-electron chi connectivity index (χ1n) is 23.2. The van der Waals surface area contributed by atoms with Crippen LogP contribution in [0, 0.1) is 22.7 Å². The number of ether oxygens (including phenoxy) is 2. The van der Waals surface area contributed by atoms with E-state index >= 15 is 0 Å². The fourth-order valence-electron chi connectivity index (χ4n) is 8.34. The van der Waals surface area contributed by atoms with E-state index in [1.54, 1.807) is 23.5 Å². The first kappa shape index (κ1) is 47.0. The number of rotatable bonds is 22. The number of hydrogen-bond donors (Lipinski definition) is 2. The number of hydrogen-bond acceptors (Lipinski definition) is 10. The zero-order valence-electron chi connectivity index (χ0n) is 38.2. The van der Waals surface area contributed by atoms with E-state index in [2.05, 4.69) is 97.0 Å². The Hall–Kier alpha value is -5.50. The summed E-state index contributed by atoms with van der Waals surface area (Å²) in [5.74, 6) is 1.60. The van der Waals surface area contributed by atoms with Crippen LogP contribution in [-0.2, 0) is 0 Å². The summed E-state index contributed by atoms with van der Waals surface area (Å²) in [6.07, 6.45) is 18.5. The maximum atomic E-state index is 11.2. The lowest BCUT2D eigenvalue weighted by Crippen LogP contribution is -2.10. The number of benzene rings is 4. The predicted octanol–water partition coefficient (Wildman–Crippen LogP) is 14.4. The summed E-state index contributed by atoms with van der Waals surface area (Å²) in [4.78, 5) is 19.8. The number of aromatic amines is 2. The number of unbranched alkanes of at least 4 members (excludes halogenated alkanes) is 10. The van der Waals surface area contributed by atoms with Crippen molar-refractivity contribution in [1.29, 1.82) is 10.5 Å². The van der Waals surface area contributed by atoms with Crippen LogP contribution in [0.2, 0.25) is 0 Å². The highest BCUT2D eigenvalue weighted by atomic mass is 32.2. The van der Waals surface area contributed by atoms with Gasteiger partial charge in [0.25, 0.3) is 0 Å². The van der Waals surface area contributed by atoms with Gasteiger partial charge in [-0.3, -0.25) is 0 Å². The standard InChI is InChI=1S/C54H56N6O2S4/c1-5-7-9-11-13-15-29-61-37-21-17-35(18-22-37)49-47-48(52(59-49)42(34-56)54-58-44-28-26-40(64-4)32-46(44)66-54)50(36-19-23-38(24-20-36)62-30-16-14-12-10-8-6-2)60-51(47)41(33-55)53-57-43-27-25-39(63-3)31-45(43)65-53/h17-28,31-32,59-60H,5-16,29-30H2,1-4H3/b51-41-,52-42-. The van der Waals surface area contributed by atoms with E-state index in [0.29, 0.717) is 45.1 Å². The van der Waals surface area contributed by atoms with E-state index < -0.39 is 0 Å². The van der Waals surface area contributed by atoms with Gasteiger partial charge in [-0.05, 0) is 121 Å². The number of thiazole rings is 2.